The van der Waals surface area contributed by atoms with Crippen LogP contribution in [-0.4, -0.2) is 19.1 Å². The van der Waals surface area contributed by atoms with Crippen LogP contribution in [0, 0.1) is 0 Å². The molecule has 3 heteroatoms. The Morgan fingerprint density at radius 1 is 1.36 bits per heavy atom. The van der Waals surface area contributed by atoms with Crippen LogP contribution in [0.4, 0.5) is 8.78 Å². The summed E-state index contributed by atoms with van der Waals surface area (Å²) in [4.78, 5) is 0. The van der Waals surface area contributed by atoms with E-state index in [9.17, 15) is 8.78 Å². The third-order valence-electron chi connectivity index (χ3n) is 0.890. The van der Waals surface area contributed by atoms with E-state index in [1.807, 2.05) is 0 Å². The molecule has 0 aromatic carbocycles. The van der Waals surface area contributed by atoms with Gasteiger partial charge >= 0.3 is 0 Å². The molecule has 0 rings (SSSR count). The van der Waals surface area contributed by atoms with Crippen LogP contribution in [0.15, 0.2) is 13.2 Å². The van der Waals surface area contributed by atoms with Gasteiger partial charge in [-0.1, -0.05) is 0 Å². The van der Waals surface area contributed by atoms with Crippen LogP contribution in [0.2, 0.25) is 0 Å². The average Bonchev–Trinajstić information content (AvgIpc) is 1.90. The van der Waals surface area contributed by atoms with Gasteiger partial charge in [-0.25, -0.2) is 8.78 Å². The Labute approximate surface area is 67.1 Å². The van der Waals surface area contributed by atoms with Crippen molar-refractivity contribution in [2.24, 2.45) is 0 Å². The van der Waals surface area contributed by atoms with E-state index in [4.69, 9.17) is 4.74 Å². The summed E-state index contributed by atoms with van der Waals surface area (Å²) >= 11 is 0. The highest BCUT2D eigenvalue weighted by Gasteiger charge is 2.19. The third-order valence-corrected chi connectivity index (χ3v) is 0.890. The lowest BCUT2D eigenvalue weighted by Gasteiger charge is -2.08. The summed E-state index contributed by atoms with van der Waals surface area (Å²) < 4.78 is 28.7. The van der Waals surface area contributed by atoms with E-state index in [0.29, 0.717) is 6.61 Å². The Balaban J connectivity index is 0. The number of hydrogen-bond donors (Lipinski definition) is 0. The van der Waals surface area contributed by atoms with E-state index >= 15 is 0 Å². The third kappa shape index (κ3) is 17.7. The van der Waals surface area contributed by atoms with Gasteiger partial charge in [0.25, 0.3) is 0 Å². The summed E-state index contributed by atoms with van der Waals surface area (Å²) in [5.41, 5.74) is 0. The largest absolute Gasteiger partial charge is 0.382 e. The molecule has 0 amide bonds. The van der Waals surface area contributed by atoms with Crippen LogP contribution < -0.4 is 0 Å². The summed E-state index contributed by atoms with van der Waals surface area (Å²) in [6.45, 7) is 9.34. The van der Waals surface area contributed by atoms with Gasteiger partial charge in [0.1, 0.15) is 0 Å². The summed E-state index contributed by atoms with van der Waals surface area (Å²) in [5.74, 6) is -2.57. The molecule has 0 radical (unpaired) electrons. The zero-order valence-electron chi connectivity index (χ0n) is 7.20. The van der Waals surface area contributed by atoms with Gasteiger partial charge in [0.2, 0.25) is 5.92 Å². The maximum atomic E-state index is 12.0. The van der Waals surface area contributed by atoms with E-state index in [0.717, 1.165) is 6.92 Å². The van der Waals surface area contributed by atoms with Crippen LogP contribution >= 0.6 is 0 Å². The van der Waals surface area contributed by atoms with Crippen molar-refractivity contribution in [3.63, 3.8) is 0 Å². The van der Waals surface area contributed by atoms with Crippen molar-refractivity contribution < 1.29 is 13.5 Å². The first-order valence-electron chi connectivity index (χ1n) is 3.52. The molecule has 1 nitrogen and oxygen atoms in total. The monoisotopic (exact) mass is 166 g/mol. The van der Waals surface area contributed by atoms with Gasteiger partial charge in [-0.15, -0.1) is 13.2 Å². The SMILES string of the molecule is C=C.CCOCCC(C)(F)F. The minimum Gasteiger partial charge on any atom is -0.382 e. The molecule has 0 aliphatic rings. The van der Waals surface area contributed by atoms with Crippen molar-refractivity contribution in [3.05, 3.63) is 13.2 Å². The molecular weight excluding hydrogens is 150 g/mol. The molecule has 0 aromatic heterocycles. The Kier molecular flexibility index (Phi) is 9.18. The molecule has 0 aromatic rings. The smallest absolute Gasteiger partial charge is 0.247 e. The fourth-order valence-corrected chi connectivity index (χ4v) is 0.396. The second-order valence-corrected chi connectivity index (χ2v) is 2.02. The van der Waals surface area contributed by atoms with E-state index in [2.05, 4.69) is 13.2 Å². The molecule has 0 saturated carbocycles. The lowest BCUT2D eigenvalue weighted by atomic mass is 10.3. The number of rotatable bonds is 4. The molecule has 0 bridgehead atoms. The zero-order valence-corrected chi connectivity index (χ0v) is 7.20. The minimum absolute atomic E-state index is 0.153. The van der Waals surface area contributed by atoms with Gasteiger partial charge in [0.05, 0.1) is 6.61 Å². The zero-order chi connectivity index (χ0) is 9.33. The maximum Gasteiger partial charge on any atom is 0.247 e. The van der Waals surface area contributed by atoms with Crippen LogP contribution in [0.25, 0.3) is 0 Å². The normalized spacial score (nSPS) is 10.2. The van der Waals surface area contributed by atoms with Crippen molar-refractivity contribution in [2.75, 3.05) is 13.2 Å². The summed E-state index contributed by atoms with van der Waals surface area (Å²) in [7, 11) is 0. The molecule has 0 aliphatic carbocycles. The molecule has 0 spiro atoms. The minimum atomic E-state index is -2.57. The van der Waals surface area contributed by atoms with Crippen molar-refractivity contribution in [3.8, 4) is 0 Å². The van der Waals surface area contributed by atoms with Crippen molar-refractivity contribution >= 4 is 0 Å². The Morgan fingerprint density at radius 3 is 2.09 bits per heavy atom. The molecule has 0 N–H and O–H groups in total. The quantitative estimate of drug-likeness (QED) is 0.461. The first-order chi connectivity index (χ1) is 5.06. The van der Waals surface area contributed by atoms with Gasteiger partial charge in [0.15, 0.2) is 0 Å². The number of halogens is 2. The van der Waals surface area contributed by atoms with Gasteiger partial charge < -0.3 is 4.74 Å². The van der Waals surface area contributed by atoms with Gasteiger partial charge in [-0.05, 0) is 13.8 Å². The lowest BCUT2D eigenvalue weighted by molar-refractivity contribution is -0.0147. The average molecular weight is 166 g/mol. The maximum absolute atomic E-state index is 12.0. The topological polar surface area (TPSA) is 9.23 Å². The second-order valence-electron chi connectivity index (χ2n) is 2.02. The van der Waals surface area contributed by atoms with Gasteiger partial charge in [-0.3, -0.25) is 0 Å². The first-order valence-corrected chi connectivity index (χ1v) is 3.52. The molecular formula is C8H16F2O. The van der Waals surface area contributed by atoms with Crippen LogP contribution in [0.5, 0.6) is 0 Å². The van der Waals surface area contributed by atoms with Crippen molar-refractivity contribution in [2.45, 2.75) is 26.2 Å². The first kappa shape index (κ1) is 13.2. The second kappa shape index (κ2) is 7.66. The number of ether oxygens (including phenoxy) is 1. The lowest BCUT2D eigenvalue weighted by Crippen LogP contribution is -2.13. The van der Waals surface area contributed by atoms with E-state index in [1.54, 1.807) is 6.92 Å². The van der Waals surface area contributed by atoms with E-state index < -0.39 is 5.92 Å². The van der Waals surface area contributed by atoms with Gasteiger partial charge in [-0.2, -0.15) is 0 Å². The number of alkyl halides is 2. The highest BCUT2D eigenvalue weighted by atomic mass is 19.3. The number of hydrogen-bond acceptors (Lipinski definition) is 1. The molecule has 0 fully saturated rings. The molecule has 0 heterocycles. The highest BCUT2D eigenvalue weighted by Crippen LogP contribution is 2.15. The molecule has 0 aliphatic heterocycles. The van der Waals surface area contributed by atoms with E-state index in [-0.39, 0.29) is 13.0 Å². The predicted octanol–water partition coefficient (Wildman–Crippen LogP) is 2.87. The molecule has 0 unspecified atom stereocenters. The Hall–Kier alpha value is -0.440. The van der Waals surface area contributed by atoms with Gasteiger partial charge in [0, 0.05) is 13.0 Å². The standard InChI is InChI=1S/C6H12F2O.C2H4/c1-3-9-5-4-6(2,7)8;1-2/h3-5H2,1-2H3;1-2H2. The fourth-order valence-electron chi connectivity index (χ4n) is 0.396. The van der Waals surface area contributed by atoms with Crippen LogP contribution in [-0.2, 0) is 4.74 Å². The molecule has 11 heavy (non-hydrogen) atoms. The molecule has 0 saturated heterocycles. The van der Waals surface area contributed by atoms with E-state index in [1.165, 1.54) is 0 Å². The summed E-state index contributed by atoms with van der Waals surface area (Å²) in [5, 5.41) is 0. The van der Waals surface area contributed by atoms with Crippen LogP contribution in [0.3, 0.4) is 0 Å². The Morgan fingerprint density at radius 2 is 1.82 bits per heavy atom. The van der Waals surface area contributed by atoms with Crippen molar-refractivity contribution in [1.29, 1.82) is 0 Å². The van der Waals surface area contributed by atoms with Crippen molar-refractivity contribution in [1.82, 2.24) is 0 Å². The highest BCUT2D eigenvalue weighted by molar-refractivity contribution is 4.55. The predicted molar refractivity (Wildman–Crippen MR) is 43.0 cm³/mol. The summed E-state index contributed by atoms with van der Waals surface area (Å²) in [6, 6.07) is 0. The summed E-state index contributed by atoms with van der Waals surface area (Å²) in [6.07, 6.45) is -0.180. The van der Waals surface area contributed by atoms with Crippen LogP contribution in [0.1, 0.15) is 20.3 Å². The molecule has 68 valence electrons. The fraction of sp³-hybridized carbons (Fsp3) is 0.750. The molecule has 0 atom stereocenters. The Bertz CT molecular complexity index is 78.7.